The van der Waals surface area contributed by atoms with Gasteiger partial charge in [-0.3, -0.25) is 4.79 Å². The van der Waals surface area contributed by atoms with Gasteiger partial charge >= 0.3 is 5.76 Å². The molecule has 1 heterocycles. The van der Waals surface area contributed by atoms with Crippen molar-refractivity contribution in [3.8, 4) is 11.1 Å². The van der Waals surface area contributed by atoms with Crippen LogP contribution in [0.5, 0.6) is 0 Å². The average molecular weight is 559 g/mol. The molecule has 1 spiro atoms. The van der Waals surface area contributed by atoms with Gasteiger partial charge in [0.1, 0.15) is 17.5 Å². The largest absolute Gasteiger partial charge is 0.384 e. The zero-order chi connectivity index (χ0) is 27.5. The Morgan fingerprint density at radius 3 is 2.32 bits per heavy atom. The highest BCUT2D eigenvalue weighted by molar-refractivity contribution is 7.89. The number of rotatable bonds is 9. The molecule has 1 saturated heterocycles. The van der Waals surface area contributed by atoms with Crippen LogP contribution < -0.4 is 4.72 Å². The van der Waals surface area contributed by atoms with Crippen molar-refractivity contribution < 1.29 is 39.9 Å². The van der Waals surface area contributed by atoms with Gasteiger partial charge in [0.2, 0.25) is 5.91 Å². The fourth-order valence-electron chi connectivity index (χ4n) is 5.70. The Morgan fingerprint density at radius 1 is 1.11 bits per heavy atom. The van der Waals surface area contributed by atoms with Gasteiger partial charge in [-0.1, -0.05) is 18.2 Å². The van der Waals surface area contributed by atoms with Gasteiger partial charge < -0.3 is 9.64 Å². The molecule has 3 fully saturated rings. The van der Waals surface area contributed by atoms with Crippen molar-refractivity contribution in [2.75, 3.05) is 20.3 Å². The molecule has 0 bridgehead atoms. The first kappa shape index (κ1) is 27.0. The highest BCUT2D eigenvalue weighted by Crippen LogP contribution is 2.58. The lowest BCUT2D eigenvalue weighted by Gasteiger charge is -2.32. The Bertz CT molecular complexity index is 1340. The predicted octanol–water partition coefficient (Wildman–Crippen LogP) is 4.24. The van der Waals surface area contributed by atoms with Crippen LogP contribution in [-0.4, -0.2) is 57.3 Å². The third kappa shape index (κ3) is 4.82. The number of amides is 1. The van der Waals surface area contributed by atoms with Crippen LogP contribution in [0.3, 0.4) is 0 Å². The van der Waals surface area contributed by atoms with Gasteiger partial charge in [0.25, 0.3) is 10.0 Å². The number of hydrogen-bond donors (Lipinski definition) is 1. The zero-order valence-electron chi connectivity index (χ0n) is 20.5. The molecular formula is C26H27F5N2O4S. The number of nitrogens with zero attached hydrogens (tertiary/aromatic N) is 1. The van der Waals surface area contributed by atoms with Crippen LogP contribution in [0.15, 0.2) is 36.4 Å². The SMILES string of the molecule is COCC1(C(=O)N2CC3(CC3)[C@H](NS(=O)(=O)C(F)F)[C@@H]2Cc2cccc(-c3cc(F)cc(F)c3)c2F)CC1. The second kappa shape index (κ2) is 9.56. The maximum atomic E-state index is 15.7. The summed E-state index contributed by atoms with van der Waals surface area (Å²) in [5.74, 6) is -6.52. The van der Waals surface area contributed by atoms with Gasteiger partial charge in [-0.2, -0.15) is 8.78 Å². The standard InChI is InChI=1S/C26H27F5N2O4S/c1-37-14-26(7-8-26)23(34)33-13-25(5-6-25)22(32-38(35,36)24(30)31)20(33)11-15-3-2-4-19(21(15)29)16-9-17(27)12-18(28)10-16/h2-4,9-10,12,20,22,24,32H,5-8,11,13-14H2,1H3/t20-,22+/m0/s1. The smallest absolute Gasteiger partial charge is 0.350 e. The molecule has 2 aromatic rings. The first-order valence-corrected chi connectivity index (χ1v) is 13.8. The number of sulfonamides is 1. The molecule has 5 rings (SSSR count). The summed E-state index contributed by atoms with van der Waals surface area (Å²) in [4.78, 5) is 15.2. The summed E-state index contributed by atoms with van der Waals surface area (Å²) < 4.78 is 102. The number of methoxy groups -OCH3 is 1. The van der Waals surface area contributed by atoms with Crippen LogP contribution in [0.25, 0.3) is 11.1 Å². The number of ether oxygens (including phenoxy) is 1. The topological polar surface area (TPSA) is 75.7 Å². The van der Waals surface area contributed by atoms with Gasteiger partial charge in [-0.25, -0.2) is 26.3 Å². The third-order valence-electron chi connectivity index (χ3n) is 8.02. The minimum absolute atomic E-state index is 0.0353. The lowest BCUT2D eigenvalue weighted by molar-refractivity contribution is -0.140. The van der Waals surface area contributed by atoms with Crippen LogP contribution in [0.2, 0.25) is 0 Å². The van der Waals surface area contributed by atoms with Crippen molar-refractivity contribution >= 4 is 15.9 Å². The lowest BCUT2D eigenvalue weighted by Crippen LogP contribution is -2.52. The van der Waals surface area contributed by atoms with Crippen molar-refractivity contribution in [2.24, 2.45) is 10.8 Å². The van der Waals surface area contributed by atoms with E-state index in [0.717, 1.165) is 12.1 Å². The molecule has 1 N–H and O–H groups in total. The molecule has 38 heavy (non-hydrogen) atoms. The van der Waals surface area contributed by atoms with Gasteiger partial charge in [-0.05, 0) is 55.4 Å². The molecule has 206 valence electrons. The molecule has 3 aliphatic rings. The van der Waals surface area contributed by atoms with E-state index in [-0.39, 0.29) is 42.2 Å². The normalized spacial score (nSPS) is 23.3. The van der Waals surface area contributed by atoms with Crippen molar-refractivity contribution in [1.82, 2.24) is 9.62 Å². The van der Waals surface area contributed by atoms with Crippen LogP contribution in [0, 0.1) is 28.3 Å². The molecule has 2 saturated carbocycles. The summed E-state index contributed by atoms with van der Waals surface area (Å²) in [5.41, 5.74) is -1.57. The number of halogens is 5. The van der Waals surface area contributed by atoms with Gasteiger partial charge in [0, 0.05) is 36.7 Å². The molecule has 1 aliphatic heterocycles. The molecule has 0 radical (unpaired) electrons. The molecule has 0 unspecified atom stereocenters. The molecule has 1 amide bonds. The maximum absolute atomic E-state index is 15.7. The predicted molar refractivity (Wildman–Crippen MR) is 128 cm³/mol. The second-order valence-corrected chi connectivity index (χ2v) is 12.3. The second-order valence-electron chi connectivity index (χ2n) is 10.6. The summed E-state index contributed by atoms with van der Waals surface area (Å²) in [5, 5.41) is 0. The van der Waals surface area contributed by atoms with Crippen molar-refractivity contribution in [2.45, 2.75) is 49.9 Å². The number of likely N-dealkylation sites (tertiary alicyclic amines) is 1. The van der Waals surface area contributed by atoms with Crippen molar-refractivity contribution in [3.63, 3.8) is 0 Å². The Morgan fingerprint density at radius 2 is 1.76 bits per heavy atom. The van der Waals surface area contributed by atoms with Gasteiger partial charge in [0.15, 0.2) is 0 Å². The Hall–Kier alpha value is -2.57. The summed E-state index contributed by atoms with van der Waals surface area (Å²) in [6.07, 6.45) is 1.99. The molecule has 2 atom stereocenters. The first-order chi connectivity index (χ1) is 17.9. The molecule has 2 aliphatic carbocycles. The third-order valence-corrected chi connectivity index (χ3v) is 9.07. The molecular weight excluding hydrogens is 531 g/mol. The van der Waals surface area contributed by atoms with E-state index in [1.54, 1.807) is 0 Å². The first-order valence-electron chi connectivity index (χ1n) is 12.2. The van der Waals surface area contributed by atoms with E-state index in [1.165, 1.54) is 30.2 Å². The van der Waals surface area contributed by atoms with E-state index in [9.17, 15) is 30.8 Å². The molecule has 12 heteroatoms. The number of hydrogen-bond acceptors (Lipinski definition) is 4. The Balaban J connectivity index is 1.54. The summed E-state index contributed by atoms with van der Waals surface area (Å²) >= 11 is 0. The lowest BCUT2D eigenvalue weighted by atomic mass is 9.91. The molecule has 6 nitrogen and oxygen atoms in total. The minimum atomic E-state index is -5.01. The number of benzene rings is 2. The number of nitrogens with one attached hydrogen (secondary N) is 1. The van der Waals surface area contributed by atoms with Gasteiger partial charge in [-0.15, -0.1) is 0 Å². The van der Waals surface area contributed by atoms with Crippen LogP contribution in [-0.2, 0) is 26.0 Å². The monoisotopic (exact) mass is 558 g/mol. The zero-order valence-corrected chi connectivity index (χ0v) is 21.3. The van der Waals surface area contributed by atoms with E-state index >= 15 is 4.39 Å². The number of alkyl halides is 2. The van der Waals surface area contributed by atoms with E-state index in [1.807, 2.05) is 0 Å². The van der Waals surface area contributed by atoms with Crippen molar-refractivity contribution in [1.29, 1.82) is 0 Å². The van der Waals surface area contributed by atoms with E-state index < -0.39 is 56.1 Å². The highest BCUT2D eigenvalue weighted by atomic mass is 32.2. The van der Waals surface area contributed by atoms with Crippen LogP contribution >= 0.6 is 0 Å². The Kier molecular flexibility index (Phi) is 6.80. The summed E-state index contributed by atoms with van der Waals surface area (Å²) in [6, 6.07) is 4.87. The number of carbonyl (C=O) groups excluding carboxylic acids is 1. The molecule has 2 aromatic carbocycles. The highest BCUT2D eigenvalue weighted by Gasteiger charge is 2.64. The molecule has 0 aromatic heterocycles. The maximum Gasteiger partial charge on any atom is 0.350 e. The van der Waals surface area contributed by atoms with Crippen molar-refractivity contribution in [3.05, 3.63) is 59.4 Å². The van der Waals surface area contributed by atoms with Gasteiger partial charge in [0.05, 0.1) is 18.1 Å². The summed E-state index contributed by atoms with van der Waals surface area (Å²) in [7, 11) is -3.55. The number of carbonyl (C=O) groups is 1. The van der Waals surface area contributed by atoms with E-state index in [0.29, 0.717) is 31.7 Å². The van der Waals surface area contributed by atoms with Crippen LogP contribution in [0.4, 0.5) is 22.0 Å². The Labute approximate surface area is 217 Å². The summed E-state index contributed by atoms with van der Waals surface area (Å²) in [6.45, 7) is 0.305. The quantitative estimate of drug-likeness (QED) is 0.468. The minimum Gasteiger partial charge on any atom is -0.384 e. The van der Waals surface area contributed by atoms with Crippen LogP contribution in [0.1, 0.15) is 31.2 Å². The fraction of sp³-hybridized carbons (Fsp3) is 0.500. The fourth-order valence-corrected chi connectivity index (χ4v) is 6.57. The average Bonchev–Trinajstić information content (AvgIpc) is 3.76. The van der Waals surface area contributed by atoms with E-state index in [4.69, 9.17) is 4.74 Å². The van der Waals surface area contributed by atoms with E-state index in [2.05, 4.69) is 4.72 Å².